The number of nitrogens with two attached hydrogens (primary N) is 1. The predicted octanol–water partition coefficient (Wildman–Crippen LogP) is 3.10. The highest BCUT2D eigenvalue weighted by atomic mass is 19.3. The van der Waals surface area contributed by atoms with Crippen molar-refractivity contribution < 1.29 is 18.3 Å². The summed E-state index contributed by atoms with van der Waals surface area (Å²) in [6.07, 6.45) is 1.76. The van der Waals surface area contributed by atoms with Crippen LogP contribution in [-0.2, 0) is 16.0 Å². The number of nitrogens with zero attached hydrogens (tertiary/aromatic N) is 1. The number of nitrogens with one attached hydrogen (secondary N) is 1. The van der Waals surface area contributed by atoms with Crippen molar-refractivity contribution in [3.63, 3.8) is 0 Å². The summed E-state index contributed by atoms with van der Waals surface area (Å²) in [7, 11) is 0. The molecule has 0 saturated heterocycles. The fourth-order valence-corrected chi connectivity index (χ4v) is 3.22. The van der Waals surface area contributed by atoms with E-state index in [1.807, 2.05) is 24.3 Å². The number of anilines is 1. The van der Waals surface area contributed by atoms with Gasteiger partial charge in [0.25, 0.3) is 6.02 Å². The molecule has 5 nitrogen and oxygen atoms in total. The fraction of sp³-hybridized carbons (Fsp3) is 0.556. The molecule has 3 rings (SSSR count). The van der Waals surface area contributed by atoms with E-state index in [2.05, 4.69) is 10.3 Å². The number of rotatable bonds is 5. The average molecular weight is 351 g/mol. The zero-order valence-electron chi connectivity index (χ0n) is 14.0. The first-order valence-electron chi connectivity index (χ1n) is 8.65. The number of alkyl halides is 2. The van der Waals surface area contributed by atoms with Crippen molar-refractivity contribution in [2.75, 3.05) is 11.9 Å². The molecule has 0 aromatic heterocycles. The molecule has 1 amide bonds. The van der Waals surface area contributed by atoms with Crippen molar-refractivity contribution in [2.24, 2.45) is 16.6 Å². The van der Waals surface area contributed by atoms with Crippen LogP contribution in [0.2, 0.25) is 0 Å². The third-order valence-corrected chi connectivity index (χ3v) is 4.81. The second-order valence-corrected chi connectivity index (χ2v) is 6.79. The van der Waals surface area contributed by atoms with Gasteiger partial charge in [0.1, 0.15) is 6.61 Å². The molecule has 1 saturated carbocycles. The predicted molar refractivity (Wildman–Crippen MR) is 91.7 cm³/mol. The summed E-state index contributed by atoms with van der Waals surface area (Å²) in [4.78, 5) is 16.4. The van der Waals surface area contributed by atoms with Gasteiger partial charge < -0.3 is 15.8 Å². The Hall–Kier alpha value is -2.18. The molecule has 2 aliphatic rings. The Labute approximate surface area is 145 Å². The number of carbonyl (C=O) groups is 1. The van der Waals surface area contributed by atoms with Gasteiger partial charge in [0.15, 0.2) is 0 Å². The van der Waals surface area contributed by atoms with Crippen LogP contribution in [0.15, 0.2) is 29.3 Å². The first kappa shape index (κ1) is 17.6. The first-order valence-corrected chi connectivity index (χ1v) is 8.65. The van der Waals surface area contributed by atoms with Crippen molar-refractivity contribution in [1.29, 1.82) is 0 Å². The molecule has 25 heavy (non-hydrogen) atoms. The van der Waals surface area contributed by atoms with Crippen LogP contribution in [-0.4, -0.2) is 30.5 Å². The number of hydrogen-bond donors (Lipinski definition) is 2. The molecular formula is C18H23F2N3O2. The van der Waals surface area contributed by atoms with Gasteiger partial charge in [-0.15, -0.1) is 0 Å². The van der Waals surface area contributed by atoms with Gasteiger partial charge in [-0.05, 0) is 43.4 Å². The molecule has 1 heterocycles. The van der Waals surface area contributed by atoms with Crippen LogP contribution in [0.4, 0.5) is 14.5 Å². The third-order valence-electron chi connectivity index (χ3n) is 4.81. The number of ether oxygens (including phenoxy) is 1. The Bertz CT molecular complexity index is 636. The maximum atomic E-state index is 13.2. The molecule has 7 heteroatoms. The number of benzene rings is 1. The van der Waals surface area contributed by atoms with Crippen LogP contribution in [0.25, 0.3) is 0 Å². The highest BCUT2D eigenvalue weighted by Gasteiger charge is 2.37. The lowest BCUT2D eigenvalue weighted by atomic mass is 9.86. The Kier molecular flexibility index (Phi) is 5.20. The monoisotopic (exact) mass is 351 g/mol. The zero-order chi connectivity index (χ0) is 17.9. The molecule has 1 atom stereocenters. The minimum Gasteiger partial charge on any atom is -0.463 e. The van der Waals surface area contributed by atoms with Gasteiger partial charge in [-0.1, -0.05) is 12.1 Å². The topological polar surface area (TPSA) is 76.7 Å². The van der Waals surface area contributed by atoms with Gasteiger partial charge >= 0.3 is 0 Å². The third kappa shape index (κ3) is 4.90. The summed E-state index contributed by atoms with van der Waals surface area (Å²) >= 11 is 0. The van der Waals surface area contributed by atoms with Gasteiger partial charge in [0.05, 0.1) is 6.04 Å². The standard InChI is InChI=1S/C18H23F2N3O2/c19-18(20)9-7-13(8-10-18)16(24)22-14-4-1-12(2-5-14)3-6-15-11-25-17(21)23-15/h1-2,4-5,13,15H,3,6-11H2,(H2,21,23)(H,22,24). The Morgan fingerprint density at radius 1 is 1.28 bits per heavy atom. The fourth-order valence-electron chi connectivity index (χ4n) is 3.22. The van der Waals surface area contributed by atoms with Crippen LogP contribution in [0.5, 0.6) is 0 Å². The first-order chi connectivity index (χ1) is 11.9. The SMILES string of the molecule is NC1=NC(CCc2ccc(NC(=O)C3CCC(F)(F)CC3)cc2)CO1. The average Bonchev–Trinajstić information content (AvgIpc) is 2.99. The van der Waals surface area contributed by atoms with E-state index in [9.17, 15) is 13.6 Å². The minimum absolute atomic E-state index is 0.101. The summed E-state index contributed by atoms with van der Waals surface area (Å²) in [6, 6.07) is 7.94. The molecule has 1 unspecified atom stereocenters. The summed E-state index contributed by atoms with van der Waals surface area (Å²) in [5.41, 5.74) is 7.31. The number of amidine groups is 1. The largest absolute Gasteiger partial charge is 0.463 e. The van der Waals surface area contributed by atoms with Crippen LogP contribution in [0.1, 0.15) is 37.7 Å². The van der Waals surface area contributed by atoms with Crippen LogP contribution in [0, 0.1) is 5.92 Å². The molecule has 3 N–H and O–H groups in total. The molecule has 1 aromatic carbocycles. The summed E-state index contributed by atoms with van der Waals surface area (Å²) in [6.45, 7) is 0.528. The van der Waals surface area contributed by atoms with E-state index in [4.69, 9.17) is 10.5 Å². The Morgan fingerprint density at radius 3 is 2.56 bits per heavy atom. The van der Waals surface area contributed by atoms with Gasteiger partial charge in [-0.3, -0.25) is 4.79 Å². The molecule has 1 aliphatic carbocycles. The maximum absolute atomic E-state index is 13.2. The summed E-state index contributed by atoms with van der Waals surface area (Å²) in [5.74, 6) is -3.11. The minimum atomic E-state index is -2.61. The van der Waals surface area contributed by atoms with Crippen LogP contribution >= 0.6 is 0 Å². The Morgan fingerprint density at radius 2 is 1.96 bits per heavy atom. The zero-order valence-corrected chi connectivity index (χ0v) is 14.0. The van der Waals surface area contributed by atoms with E-state index in [0.717, 1.165) is 18.4 Å². The Balaban J connectivity index is 1.46. The van der Waals surface area contributed by atoms with Gasteiger partial charge in [-0.25, -0.2) is 13.8 Å². The second-order valence-electron chi connectivity index (χ2n) is 6.79. The van der Waals surface area contributed by atoms with Crippen molar-refractivity contribution in [3.05, 3.63) is 29.8 Å². The lowest BCUT2D eigenvalue weighted by Gasteiger charge is -2.27. The second kappa shape index (κ2) is 7.37. The van der Waals surface area contributed by atoms with E-state index in [0.29, 0.717) is 12.3 Å². The van der Waals surface area contributed by atoms with E-state index in [1.165, 1.54) is 0 Å². The van der Waals surface area contributed by atoms with Gasteiger partial charge in [0, 0.05) is 24.4 Å². The summed E-state index contributed by atoms with van der Waals surface area (Å²) < 4.78 is 31.4. The normalized spacial score (nSPS) is 23.0. The highest BCUT2D eigenvalue weighted by molar-refractivity contribution is 5.92. The van der Waals surface area contributed by atoms with Crippen molar-refractivity contribution in [2.45, 2.75) is 50.5 Å². The lowest BCUT2D eigenvalue weighted by Crippen LogP contribution is -2.31. The maximum Gasteiger partial charge on any atom is 0.282 e. The molecule has 0 spiro atoms. The lowest BCUT2D eigenvalue weighted by molar-refractivity contribution is -0.124. The van der Waals surface area contributed by atoms with Gasteiger partial charge in [0.2, 0.25) is 11.8 Å². The smallest absolute Gasteiger partial charge is 0.282 e. The molecule has 136 valence electrons. The number of halogens is 2. The van der Waals surface area contributed by atoms with E-state index in [-0.39, 0.29) is 49.6 Å². The van der Waals surface area contributed by atoms with Crippen molar-refractivity contribution >= 4 is 17.6 Å². The molecule has 0 bridgehead atoms. The number of hydrogen-bond acceptors (Lipinski definition) is 4. The van der Waals surface area contributed by atoms with Crippen molar-refractivity contribution in [3.8, 4) is 0 Å². The number of amides is 1. The van der Waals surface area contributed by atoms with E-state index in [1.54, 1.807) is 0 Å². The van der Waals surface area contributed by atoms with Crippen LogP contribution in [0.3, 0.4) is 0 Å². The summed E-state index contributed by atoms with van der Waals surface area (Å²) in [5, 5.41) is 2.83. The molecule has 1 aliphatic heterocycles. The van der Waals surface area contributed by atoms with Gasteiger partial charge in [-0.2, -0.15) is 0 Å². The number of aryl methyl sites for hydroxylation is 1. The molecule has 1 aromatic rings. The number of aliphatic imine (C=N–C) groups is 1. The molecular weight excluding hydrogens is 328 g/mol. The molecule has 0 radical (unpaired) electrons. The quantitative estimate of drug-likeness (QED) is 0.856. The molecule has 1 fully saturated rings. The highest BCUT2D eigenvalue weighted by Crippen LogP contribution is 2.36. The number of carbonyl (C=O) groups excluding carboxylic acids is 1. The van der Waals surface area contributed by atoms with Crippen LogP contribution < -0.4 is 11.1 Å². The van der Waals surface area contributed by atoms with E-state index >= 15 is 0 Å². The van der Waals surface area contributed by atoms with Crippen molar-refractivity contribution in [1.82, 2.24) is 0 Å². The van der Waals surface area contributed by atoms with E-state index < -0.39 is 5.92 Å².